The topological polar surface area (TPSA) is 116 Å². The van der Waals surface area contributed by atoms with Gasteiger partial charge in [0.2, 0.25) is 17.7 Å². The fourth-order valence-corrected chi connectivity index (χ4v) is 4.43. The normalized spacial score (nSPS) is 14.5. The molecule has 202 valence electrons. The number of anilines is 1. The standard InChI is InChI=1S/C28H26F3N5O3/c1-27(2,37)20-10-9-17-19(33-20)13-38-25-22(23(35-26(32)36-25)14-5-7-16(29)8-6-14)15-11-18(24(30)31)34-21(12-15)39-28(17,3)4/h5-12,24,37H,13H2,1-4H3,(H2,32,35,36). The van der Waals surface area contributed by atoms with Gasteiger partial charge in [-0.1, -0.05) is 6.07 Å². The molecule has 0 fully saturated rings. The average molecular weight is 538 g/mol. The molecule has 1 aromatic carbocycles. The van der Waals surface area contributed by atoms with Crippen LogP contribution in [0.15, 0.2) is 48.5 Å². The number of hydrogen-bond donors (Lipinski definition) is 2. The van der Waals surface area contributed by atoms with Crippen molar-refractivity contribution >= 4 is 5.95 Å². The van der Waals surface area contributed by atoms with E-state index in [4.69, 9.17) is 15.2 Å². The van der Waals surface area contributed by atoms with Crippen LogP contribution in [0.2, 0.25) is 0 Å². The lowest BCUT2D eigenvalue weighted by Crippen LogP contribution is -2.29. The van der Waals surface area contributed by atoms with Crippen LogP contribution in [0.3, 0.4) is 0 Å². The summed E-state index contributed by atoms with van der Waals surface area (Å²) in [5.74, 6) is -0.668. The molecule has 39 heavy (non-hydrogen) atoms. The van der Waals surface area contributed by atoms with E-state index < -0.39 is 29.1 Å². The third-order valence-corrected chi connectivity index (χ3v) is 6.30. The highest BCUT2D eigenvalue weighted by Gasteiger charge is 2.32. The molecule has 3 N–H and O–H groups in total. The van der Waals surface area contributed by atoms with Gasteiger partial charge >= 0.3 is 0 Å². The van der Waals surface area contributed by atoms with E-state index in [1.54, 1.807) is 39.8 Å². The number of rotatable bonds is 3. The van der Waals surface area contributed by atoms with E-state index in [-0.39, 0.29) is 41.1 Å². The van der Waals surface area contributed by atoms with E-state index in [1.807, 2.05) is 0 Å². The van der Waals surface area contributed by atoms with Gasteiger partial charge in [0.1, 0.15) is 29.3 Å². The van der Waals surface area contributed by atoms with Crippen LogP contribution in [-0.4, -0.2) is 25.0 Å². The van der Waals surface area contributed by atoms with E-state index in [9.17, 15) is 18.3 Å². The van der Waals surface area contributed by atoms with Gasteiger partial charge in [0.25, 0.3) is 6.43 Å². The first-order chi connectivity index (χ1) is 18.3. The number of aliphatic hydroxyl groups is 1. The minimum absolute atomic E-state index is 0.000286. The van der Waals surface area contributed by atoms with E-state index in [2.05, 4.69) is 19.9 Å². The zero-order valence-corrected chi connectivity index (χ0v) is 21.7. The van der Waals surface area contributed by atoms with Gasteiger partial charge in [0.05, 0.1) is 22.6 Å². The van der Waals surface area contributed by atoms with Gasteiger partial charge in [0, 0.05) is 17.2 Å². The molecule has 2 bridgehead atoms. The molecule has 0 radical (unpaired) electrons. The molecule has 0 atom stereocenters. The number of nitrogens with two attached hydrogens (primary N) is 1. The quantitative estimate of drug-likeness (QED) is 0.342. The summed E-state index contributed by atoms with van der Waals surface area (Å²) >= 11 is 0. The van der Waals surface area contributed by atoms with Crippen LogP contribution in [0.25, 0.3) is 22.4 Å². The van der Waals surface area contributed by atoms with Crippen molar-refractivity contribution in [1.29, 1.82) is 0 Å². The number of benzene rings is 1. The van der Waals surface area contributed by atoms with Crippen LogP contribution >= 0.6 is 0 Å². The summed E-state index contributed by atoms with van der Waals surface area (Å²) in [6.07, 6.45) is -2.91. The average Bonchev–Trinajstić information content (AvgIpc) is 2.86. The third kappa shape index (κ3) is 5.22. The van der Waals surface area contributed by atoms with Crippen molar-refractivity contribution in [2.75, 3.05) is 5.73 Å². The first-order valence-electron chi connectivity index (χ1n) is 12.1. The molecule has 0 spiro atoms. The maximum atomic E-state index is 14.0. The molecule has 0 saturated heterocycles. The van der Waals surface area contributed by atoms with Crippen LogP contribution in [0.5, 0.6) is 11.8 Å². The van der Waals surface area contributed by atoms with Crippen LogP contribution < -0.4 is 15.2 Å². The molecule has 5 rings (SSSR count). The molecule has 0 unspecified atom stereocenters. The van der Waals surface area contributed by atoms with Crippen molar-refractivity contribution in [3.8, 4) is 34.1 Å². The molecule has 1 aliphatic heterocycles. The Kier molecular flexibility index (Phi) is 6.42. The lowest BCUT2D eigenvalue weighted by atomic mass is 9.94. The van der Waals surface area contributed by atoms with Crippen LogP contribution in [0.1, 0.15) is 56.8 Å². The number of hydrogen-bond acceptors (Lipinski definition) is 8. The number of nitrogens with zero attached hydrogens (tertiary/aromatic N) is 4. The van der Waals surface area contributed by atoms with Gasteiger partial charge in [-0.15, -0.1) is 0 Å². The Labute approximate surface area is 222 Å². The summed E-state index contributed by atoms with van der Waals surface area (Å²) < 4.78 is 54.1. The SMILES string of the molecule is CC(C)(O)c1ccc2c(n1)COc1nc(N)nc(-c3ccc(F)cc3)c1-c1cc(nc(C(F)F)c1)OC2(C)C. The lowest BCUT2D eigenvalue weighted by molar-refractivity contribution is 0.0718. The number of alkyl halides is 2. The number of nitrogen functional groups attached to an aromatic ring is 1. The molecule has 0 aliphatic carbocycles. The number of aromatic nitrogens is 4. The first kappa shape index (κ1) is 26.4. The predicted molar refractivity (Wildman–Crippen MR) is 137 cm³/mol. The molecule has 4 heterocycles. The highest BCUT2D eigenvalue weighted by molar-refractivity contribution is 5.85. The Hall–Kier alpha value is -4.25. The van der Waals surface area contributed by atoms with E-state index in [0.717, 1.165) is 0 Å². The van der Waals surface area contributed by atoms with Gasteiger partial charge in [-0.25, -0.2) is 23.1 Å². The summed E-state index contributed by atoms with van der Waals surface area (Å²) in [5.41, 5.74) is 5.77. The molecule has 11 heteroatoms. The van der Waals surface area contributed by atoms with E-state index in [1.165, 1.54) is 36.4 Å². The van der Waals surface area contributed by atoms with Gasteiger partial charge < -0.3 is 20.3 Å². The zero-order valence-electron chi connectivity index (χ0n) is 21.7. The number of pyridine rings is 2. The second kappa shape index (κ2) is 9.49. The molecule has 0 amide bonds. The number of halogens is 3. The second-order valence-corrected chi connectivity index (χ2v) is 10.2. The molecule has 1 aliphatic rings. The summed E-state index contributed by atoms with van der Waals surface area (Å²) in [7, 11) is 0. The summed E-state index contributed by atoms with van der Waals surface area (Å²) in [6, 6.07) is 11.6. The van der Waals surface area contributed by atoms with Crippen molar-refractivity contribution < 1.29 is 27.8 Å². The zero-order chi connectivity index (χ0) is 28.1. The lowest BCUT2D eigenvalue weighted by Gasteiger charge is -2.29. The maximum Gasteiger partial charge on any atom is 0.280 e. The Balaban J connectivity index is 1.81. The summed E-state index contributed by atoms with van der Waals surface area (Å²) in [5, 5.41) is 10.6. The van der Waals surface area contributed by atoms with E-state index in [0.29, 0.717) is 22.5 Å². The molecular formula is C28H26F3N5O3. The Morgan fingerprint density at radius 3 is 2.36 bits per heavy atom. The smallest absolute Gasteiger partial charge is 0.280 e. The molecule has 0 saturated carbocycles. The summed E-state index contributed by atoms with van der Waals surface area (Å²) in [4.78, 5) is 17.3. The molecule has 8 nitrogen and oxygen atoms in total. The molecule has 3 aromatic heterocycles. The van der Waals surface area contributed by atoms with Crippen LogP contribution in [-0.2, 0) is 17.8 Å². The van der Waals surface area contributed by atoms with Gasteiger partial charge in [-0.2, -0.15) is 4.98 Å². The van der Waals surface area contributed by atoms with Crippen LogP contribution in [0.4, 0.5) is 19.1 Å². The number of fused-ring (bicyclic) bond motifs is 5. The van der Waals surface area contributed by atoms with Crippen molar-refractivity contribution in [3.63, 3.8) is 0 Å². The van der Waals surface area contributed by atoms with Crippen molar-refractivity contribution in [2.24, 2.45) is 0 Å². The van der Waals surface area contributed by atoms with E-state index >= 15 is 0 Å². The third-order valence-electron chi connectivity index (χ3n) is 6.30. The van der Waals surface area contributed by atoms with Gasteiger partial charge in [-0.3, -0.25) is 4.98 Å². The molecule has 4 aromatic rings. The monoisotopic (exact) mass is 537 g/mol. The minimum Gasteiger partial charge on any atom is -0.471 e. The Bertz CT molecular complexity index is 1550. The molecular weight excluding hydrogens is 511 g/mol. The van der Waals surface area contributed by atoms with Gasteiger partial charge in [-0.05, 0) is 69.7 Å². The van der Waals surface area contributed by atoms with Crippen molar-refractivity contribution in [3.05, 3.63) is 77.0 Å². The maximum absolute atomic E-state index is 14.0. The predicted octanol–water partition coefficient (Wildman–Crippen LogP) is 5.69. The fraction of sp³-hybridized carbons (Fsp3) is 0.286. The Morgan fingerprint density at radius 2 is 1.69 bits per heavy atom. The fourth-order valence-electron chi connectivity index (χ4n) is 4.43. The van der Waals surface area contributed by atoms with Crippen molar-refractivity contribution in [2.45, 2.75) is 51.9 Å². The Morgan fingerprint density at radius 1 is 0.974 bits per heavy atom. The second-order valence-electron chi connectivity index (χ2n) is 10.2. The van der Waals surface area contributed by atoms with Crippen molar-refractivity contribution in [1.82, 2.24) is 19.9 Å². The minimum atomic E-state index is -2.91. The van der Waals surface area contributed by atoms with Gasteiger partial charge in [0.15, 0.2) is 0 Å². The largest absolute Gasteiger partial charge is 0.471 e. The summed E-state index contributed by atoms with van der Waals surface area (Å²) in [6.45, 7) is 6.59. The van der Waals surface area contributed by atoms with Crippen LogP contribution in [0, 0.1) is 5.82 Å². The highest BCUT2D eigenvalue weighted by atomic mass is 19.3. The first-order valence-corrected chi connectivity index (χ1v) is 12.1. The number of ether oxygens (including phenoxy) is 2. The highest BCUT2D eigenvalue weighted by Crippen LogP contribution is 2.42.